The lowest BCUT2D eigenvalue weighted by Gasteiger charge is -2.24. The minimum Gasteiger partial charge on any atom is -0.493 e. The molecule has 1 aliphatic carbocycles. The number of H-pyrrole nitrogens is 2. The van der Waals surface area contributed by atoms with Crippen molar-refractivity contribution in [2.45, 2.75) is 49.4 Å². The standard InChI is InChI=1S/C24H27N7O4S/c1-35-12-15-3-2-8-30(15)23(33)19-7-6-18(36-19)16-10-20(26-14-4-5-14)31-21(27-16)13(11-25-31)9-17-22(32)29-24(34)28-17/h7,9-11,14-15,18,32H,2-6,8,12H2,1H3,(H2,28,29,34)/t15-,18?/m0/s1. The zero-order valence-corrected chi connectivity index (χ0v) is 20.6. The molecule has 3 aromatic heterocycles. The van der Waals surface area contributed by atoms with Gasteiger partial charge in [-0.3, -0.25) is 14.8 Å². The highest BCUT2D eigenvalue weighted by Gasteiger charge is 2.34. The minimum atomic E-state index is -0.496. The van der Waals surface area contributed by atoms with E-state index in [1.165, 1.54) is 0 Å². The fourth-order valence-electron chi connectivity index (χ4n) is 4.77. The van der Waals surface area contributed by atoms with E-state index in [0.717, 1.165) is 42.8 Å². The fraction of sp³-hybridized carbons (Fsp3) is 0.458. The van der Waals surface area contributed by atoms with Gasteiger partial charge in [-0.2, -0.15) is 9.61 Å². The van der Waals surface area contributed by atoms with Crippen LogP contribution in [0.15, 0.2) is 33.0 Å². The number of allylic oxidation sites excluding steroid dienone is 1. The zero-order chi connectivity index (χ0) is 24.8. The molecule has 3 N–H and O–H groups in total. The predicted molar refractivity (Wildman–Crippen MR) is 133 cm³/mol. The second-order valence-corrected chi connectivity index (χ2v) is 10.6. The molecule has 6 rings (SSSR count). The number of hydrogen-bond acceptors (Lipinski definition) is 8. The Balaban J connectivity index is 1.34. The Morgan fingerprint density at radius 1 is 1.36 bits per heavy atom. The molecule has 12 heteroatoms. The number of thioether (sulfide) groups is 1. The lowest BCUT2D eigenvalue weighted by atomic mass is 10.2. The summed E-state index contributed by atoms with van der Waals surface area (Å²) in [6.07, 6.45) is 10.0. The SMILES string of the molecule is COC[C@@H]1CCCN1C(=O)C1=CCC(c2cc(=NC3CC3)n3ncc(=Cc4[nH]c(=O)[nH]c4O)c3n2)S1. The number of aromatic hydroxyl groups is 1. The molecule has 11 nitrogen and oxygen atoms in total. The number of likely N-dealkylation sites (tertiary alicyclic amines) is 1. The number of amides is 1. The molecule has 2 fully saturated rings. The average Bonchev–Trinajstić information content (AvgIpc) is 3.24. The van der Waals surface area contributed by atoms with Gasteiger partial charge >= 0.3 is 5.69 Å². The first kappa shape index (κ1) is 23.0. The maximum Gasteiger partial charge on any atom is 0.326 e. The third kappa shape index (κ3) is 4.35. The van der Waals surface area contributed by atoms with Crippen LogP contribution in [0.2, 0.25) is 0 Å². The van der Waals surface area contributed by atoms with E-state index in [1.807, 2.05) is 17.0 Å². The number of methoxy groups -OCH3 is 1. The van der Waals surface area contributed by atoms with Gasteiger partial charge in [0.25, 0.3) is 5.91 Å². The number of nitrogens with one attached hydrogen (secondary N) is 2. The van der Waals surface area contributed by atoms with Crippen LogP contribution in [0.25, 0.3) is 11.7 Å². The summed E-state index contributed by atoms with van der Waals surface area (Å²) >= 11 is 1.54. The molecule has 3 aromatic rings. The Kier molecular flexibility index (Phi) is 5.92. The number of hydrogen-bond donors (Lipinski definition) is 3. The number of aromatic nitrogens is 5. The van der Waals surface area contributed by atoms with Crippen molar-refractivity contribution in [1.29, 1.82) is 0 Å². The van der Waals surface area contributed by atoms with Crippen LogP contribution in [0.4, 0.5) is 0 Å². The largest absolute Gasteiger partial charge is 0.493 e. The molecule has 0 spiro atoms. The maximum absolute atomic E-state index is 13.3. The Morgan fingerprint density at radius 2 is 2.22 bits per heavy atom. The Hall–Kier alpha value is -3.38. The van der Waals surface area contributed by atoms with Gasteiger partial charge in [0.05, 0.1) is 40.7 Å². The Bertz CT molecular complexity index is 1530. The molecule has 1 saturated heterocycles. The van der Waals surface area contributed by atoms with Crippen LogP contribution < -0.4 is 16.4 Å². The van der Waals surface area contributed by atoms with Crippen molar-refractivity contribution in [3.05, 3.63) is 55.8 Å². The highest BCUT2D eigenvalue weighted by atomic mass is 32.2. The molecule has 36 heavy (non-hydrogen) atoms. The van der Waals surface area contributed by atoms with Crippen molar-refractivity contribution in [3.63, 3.8) is 0 Å². The van der Waals surface area contributed by atoms with Crippen LogP contribution in [0, 0.1) is 0 Å². The molecule has 2 aliphatic heterocycles. The lowest BCUT2D eigenvalue weighted by molar-refractivity contribution is -0.128. The van der Waals surface area contributed by atoms with Gasteiger partial charge in [0.15, 0.2) is 11.1 Å². The van der Waals surface area contributed by atoms with E-state index in [0.29, 0.717) is 29.4 Å². The van der Waals surface area contributed by atoms with E-state index in [4.69, 9.17) is 14.7 Å². The zero-order valence-electron chi connectivity index (χ0n) is 19.8. The van der Waals surface area contributed by atoms with Gasteiger partial charge in [0, 0.05) is 24.9 Å². The molecular formula is C24H27N7O4S. The quantitative estimate of drug-likeness (QED) is 0.446. The maximum atomic E-state index is 13.3. The molecule has 0 aromatic carbocycles. The summed E-state index contributed by atoms with van der Waals surface area (Å²) in [4.78, 5) is 42.1. The first-order valence-corrected chi connectivity index (χ1v) is 13.0. The van der Waals surface area contributed by atoms with Crippen molar-refractivity contribution in [1.82, 2.24) is 29.5 Å². The minimum absolute atomic E-state index is 0.0196. The van der Waals surface area contributed by atoms with Crippen LogP contribution in [0.3, 0.4) is 0 Å². The van der Waals surface area contributed by atoms with Gasteiger partial charge in [-0.05, 0) is 38.2 Å². The van der Waals surface area contributed by atoms with Crippen LogP contribution in [0.1, 0.15) is 48.7 Å². The van der Waals surface area contributed by atoms with Crippen LogP contribution in [0.5, 0.6) is 5.88 Å². The molecule has 0 radical (unpaired) electrons. The third-order valence-corrected chi connectivity index (χ3v) is 8.03. The molecule has 2 atom stereocenters. The van der Waals surface area contributed by atoms with Gasteiger partial charge < -0.3 is 19.7 Å². The van der Waals surface area contributed by atoms with Gasteiger partial charge in [-0.15, -0.1) is 11.8 Å². The molecule has 0 bridgehead atoms. The molecule has 1 saturated carbocycles. The first-order valence-electron chi connectivity index (χ1n) is 12.1. The fourth-order valence-corrected chi connectivity index (χ4v) is 5.92. The summed E-state index contributed by atoms with van der Waals surface area (Å²) in [6.45, 7) is 1.31. The number of ether oxygens (including phenoxy) is 1. The molecule has 1 unspecified atom stereocenters. The third-order valence-electron chi connectivity index (χ3n) is 6.72. The summed E-state index contributed by atoms with van der Waals surface area (Å²) in [6, 6.07) is 2.37. The molecular weight excluding hydrogens is 482 g/mol. The lowest BCUT2D eigenvalue weighted by Crippen LogP contribution is -2.38. The van der Waals surface area contributed by atoms with Crippen molar-refractivity contribution in [2.75, 3.05) is 20.3 Å². The van der Waals surface area contributed by atoms with Gasteiger partial charge in [0.2, 0.25) is 5.88 Å². The highest BCUT2D eigenvalue weighted by molar-refractivity contribution is 8.04. The number of carbonyl (C=O) groups is 1. The summed E-state index contributed by atoms with van der Waals surface area (Å²) in [5.41, 5.74) is 1.87. The smallest absolute Gasteiger partial charge is 0.326 e. The van der Waals surface area contributed by atoms with Crippen molar-refractivity contribution >= 4 is 29.4 Å². The van der Waals surface area contributed by atoms with Gasteiger partial charge in [-0.1, -0.05) is 6.08 Å². The number of aromatic amines is 2. The summed E-state index contributed by atoms with van der Waals surface area (Å²) in [5, 5.41) is 15.1. The van der Waals surface area contributed by atoms with E-state index in [9.17, 15) is 14.7 Å². The Morgan fingerprint density at radius 3 is 2.97 bits per heavy atom. The van der Waals surface area contributed by atoms with E-state index in [1.54, 1.807) is 35.7 Å². The second-order valence-electron chi connectivity index (χ2n) is 9.38. The van der Waals surface area contributed by atoms with Crippen molar-refractivity contribution < 1.29 is 14.6 Å². The predicted octanol–water partition coefficient (Wildman–Crippen LogP) is 0.761. The molecule has 5 heterocycles. The van der Waals surface area contributed by atoms with Gasteiger partial charge in [0.1, 0.15) is 5.69 Å². The van der Waals surface area contributed by atoms with Crippen LogP contribution >= 0.6 is 11.8 Å². The van der Waals surface area contributed by atoms with Crippen molar-refractivity contribution in [2.24, 2.45) is 4.99 Å². The summed E-state index contributed by atoms with van der Waals surface area (Å²) in [7, 11) is 1.67. The Labute approximate surface area is 210 Å². The van der Waals surface area contributed by atoms with E-state index < -0.39 is 5.69 Å². The van der Waals surface area contributed by atoms with E-state index >= 15 is 0 Å². The number of imidazole rings is 1. The monoisotopic (exact) mass is 509 g/mol. The van der Waals surface area contributed by atoms with E-state index in [-0.39, 0.29) is 34.8 Å². The normalized spacial score (nSPS) is 23.2. The second kappa shape index (κ2) is 9.25. The number of nitrogens with zero attached hydrogens (tertiary/aromatic N) is 5. The summed E-state index contributed by atoms with van der Waals surface area (Å²) in [5.74, 6) is -0.179. The number of carbonyl (C=O) groups excluding carboxylic acids is 1. The van der Waals surface area contributed by atoms with Crippen molar-refractivity contribution in [3.8, 4) is 5.88 Å². The molecule has 3 aliphatic rings. The van der Waals surface area contributed by atoms with Crippen LogP contribution in [-0.4, -0.2) is 72.8 Å². The average molecular weight is 510 g/mol. The number of rotatable bonds is 6. The first-order chi connectivity index (χ1) is 17.5. The van der Waals surface area contributed by atoms with E-state index in [2.05, 4.69) is 15.1 Å². The molecule has 1 amide bonds. The number of fused-ring (bicyclic) bond motifs is 1. The highest BCUT2D eigenvalue weighted by Crippen LogP contribution is 2.44. The summed E-state index contributed by atoms with van der Waals surface area (Å²) < 4.78 is 7.00. The van der Waals surface area contributed by atoms with Gasteiger partial charge in [-0.25, -0.2) is 9.78 Å². The topological polar surface area (TPSA) is 141 Å². The molecule has 188 valence electrons. The van der Waals surface area contributed by atoms with Crippen LogP contribution in [-0.2, 0) is 9.53 Å².